The van der Waals surface area contributed by atoms with Crippen molar-refractivity contribution in [2.45, 2.75) is 33.2 Å². The van der Waals surface area contributed by atoms with Gasteiger partial charge in [-0.3, -0.25) is 9.59 Å². The molecule has 0 radical (unpaired) electrons. The van der Waals surface area contributed by atoms with E-state index in [-0.39, 0.29) is 29.7 Å². The predicted octanol–water partition coefficient (Wildman–Crippen LogP) is 3.02. The summed E-state index contributed by atoms with van der Waals surface area (Å²) in [5, 5.41) is 14.6. The topological polar surface area (TPSA) is 95.5 Å². The van der Waals surface area contributed by atoms with E-state index in [9.17, 15) is 14.4 Å². The highest BCUT2D eigenvalue weighted by Gasteiger charge is 2.24. The monoisotopic (exact) mass is 368 g/mol. The van der Waals surface area contributed by atoms with Gasteiger partial charge in [0.25, 0.3) is 0 Å². The van der Waals surface area contributed by atoms with Crippen molar-refractivity contribution in [1.29, 1.82) is 0 Å². The zero-order chi connectivity index (χ0) is 20.0. The molecule has 2 aromatic rings. The van der Waals surface area contributed by atoms with Crippen LogP contribution in [0.25, 0.3) is 0 Å². The minimum Gasteiger partial charge on any atom is -0.478 e. The fourth-order valence-corrected chi connectivity index (χ4v) is 2.74. The van der Waals surface area contributed by atoms with Gasteiger partial charge in [0.2, 0.25) is 11.8 Å². The number of aryl methyl sites for hydroxylation is 1. The number of aromatic carboxylic acids is 1. The molecule has 2 rings (SSSR count). The zero-order valence-electron chi connectivity index (χ0n) is 15.7. The van der Waals surface area contributed by atoms with Gasteiger partial charge in [-0.05, 0) is 42.2 Å². The number of carbonyl (C=O) groups is 3. The van der Waals surface area contributed by atoms with Gasteiger partial charge in [-0.25, -0.2) is 4.79 Å². The fraction of sp³-hybridized carbons (Fsp3) is 0.286. The summed E-state index contributed by atoms with van der Waals surface area (Å²) in [4.78, 5) is 36.0. The van der Waals surface area contributed by atoms with E-state index in [2.05, 4.69) is 10.6 Å². The molecule has 0 spiro atoms. The van der Waals surface area contributed by atoms with Crippen molar-refractivity contribution in [3.63, 3.8) is 0 Å². The first kappa shape index (κ1) is 20.2. The van der Waals surface area contributed by atoms with Crippen molar-refractivity contribution in [3.05, 3.63) is 65.2 Å². The fourth-order valence-electron chi connectivity index (χ4n) is 2.74. The lowest BCUT2D eigenvalue weighted by Gasteiger charge is -2.22. The lowest BCUT2D eigenvalue weighted by Crippen LogP contribution is -2.47. The second kappa shape index (κ2) is 8.98. The van der Waals surface area contributed by atoms with Crippen LogP contribution in [0.2, 0.25) is 0 Å². The molecular formula is C21H24N2O4. The summed E-state index contributed by atoms with van der Waals surface area (Å²) in [5.41, 5.74) is 2.10. The molecule has 6 heteroatoms. The lowest BCUT2D eigenvalue weighted by molar-refractivity contribution is -0.127. The first-order valence-corrected chi connectivity index (χ1v) is 8.76. The Hall–Kier alpha value is -3.15. The summed E-state index contributed by atoms with van der Waals surface area (Å²) in [6.07, 6.45) is 0.198. The van der Waals surface area contributed by atoms with E-state index in [4.69, 9.17) is 5.11 Å². The SMILES string of the molecule is Cc1cc(NC(=O)C(NC(=O)Cc2ccccc2)C(C)C)ccc1C(=O)O. The van der Waals surface area contributed by atoms with Crippen LogP contribution < -0.4 is 10.6 Å². The van der Waals surface area contributed by atoms with E-state index >= 15 is 0 Å². The standard InChI is InChI=1S/C21H24N2O4/c1-13(2)19(23-18(24)12-15-7-5-4-6-8-15)20(25)22-16-9-10-17(21(26)27)14(3)11-16/h4-11,13,19H,12H2,1-3H3,(H,22,25)(H,23,24)(H,26,27). The van der Waals surface area contributed by atoms with Crippen LogP contribution in [0.1, 0.15) is 35.3 Å². The van der Waals surface area contributed by atoms with Crippen molar-refractivity contribution in [2.75, 3.05) is 5.32 Å². The highest BCUT2D eigenvalue weighted by molar-refractivity contribution is 5.98. The molecule has 0 bridgehead atoms. The molecular weight excluding hydrogens is 344 g/mol. The number of hydrogen-bond acceptors (Lipinski definition) is 3. The Bertz CT molecular complexity index is 831. The number of nitrogens with one attached hydrogen (secondary N) is 2. The van der Waals surface area contributed by atoms with Crippen LogP contribution in [0, 0.1) is 12.8 Å². The van der Waals surface area contributed by atoms with Crippen LogP contribution >= 0.6 is 0 Å². The molecule has 0 aromatic heterocycles. The molecule has 27 heavy (non-hydrogen) atoms. The Morgan fingerprint density at radius 1 is 1.04 bits per heavy atom. The van der Waals surface area contributed by atoms with Crippen LogP contribution in [0.5, 0.6) is 0 Å². The van der Waals surface area contributed by atoms with E-state index in [0.717, 1.165) is 5.56 Å². The molecule has 2 amide bonds. The van der Waals surface area contributed by atoms with Crippen LogP contribution in [-0.4, -0.2) is 28.9 Å². The Kier molecular flexibility index (Phi) is 6.71. The van der Waals surface area contributed by atoms with Gasteiger partial charge in [-0.1, -0.05) is 44.2 Å². The van der Waals surface area contributed by atoms with E-state index in [1.54, 1.807) is 13.0 Å². The molecule has 0 aliphatic rings. The van der Waals surface area contributed by atoms with Crippen LogP contribution in [0.3, 0.4) is 0 Å². The Labute approximate surface area is 158 Å². The first-order chi connectivity index (χ1) is 12.8. The van der Waals surface area contributed by atoms with Gasteiger partial charge in [0.15, 0.2) is 0 Å². The molecule has 142 valence electrons. The molecule has 0 fully saturated rings. The normalized spacial score (nSPS) is 11.7. The number of rotatable bonds is 7. The summed E-state index contributed by atoms with van der Waals surface area (Å²) >= 11 is 0. The maximum absolute atomic E-state index is 12.6. The van der Waals surface area contributed by atoms with Gasteiger partial charge in [0, 0.05) is 5.69 Å². The van der Waals surface area contributed by atoms with Gasteiger partial charge < -0.3 is 15.7 Å². The van der Waals surface area contributed by atoms with Gasteiger partial charge in [-0.15, -0.1) is 0 Å². The highest BCUT2D eigenvalue weighted by Crippen LogP contribution is 2.16. The molecule has 3 N–H and O–H groups in total. The first-order valence-electron chi connectivity index (χ1n) is 8.76. The van der Waals surface area contributed by atoms with Crippen molar-refractivity contribution in [1.82, 2.24) is 5.32 Å². The Morgan fingerprint density at radius 2 is 1.70 bits per heavy atom. The van der Waals surface area contributed by atoms with Crippen LogP contribution in [0.4, 0.5) is 5.69 Å². The number of carbonyl (C=O) groups excluding carboxylic acids is 2. The second-order valence-corrected chi connectivity index (χ2v) is 6.78. The molecule has 0 saturated carbocycles. The molecule has 1 atom stereocenters. The molecule has 0 aliphatic heterocycles. The minimum absolute atomic E-state index is 0.107. The Morgan fingerprint density at radius 3 is 2.26 bits per heavy atom. The minimum atomic E-state index is -1.02. The average Bonchev–Trinajstić information content (AvgIpc) is 2.60. The van der Waals surface area contributed by atoms with Crippen molar-refractivity contribution < 1.29 is 19.5 Å². The van der Waals surface area contributed by atoms with Gasteiger partial charge in [0.05, 0.1) is 12.0 Å². The lowest BCUT2D eigenvalue weighted by atomic mass is 10.0. The number of benzene rings is 2. The van der Waals surface area contributed by atoms with Crippen molar-refractivity contribution >= 4 is 23.5 Å². The number of carboxylic acids is 1. The third kappa shape index (κ3) is 5.67. The van der Waals surface area contributed by atoms with Gasteiger partial charge in [0.1, 0.15) is 6.04 Å². The maximum Gasteiger partial charge on any atom is 0.335 e. The number of hydrogen-bond donors (Lipinski definition) is 3. The average molecular weight is 368 g/mol. The number of amides is 2. The van der Waals surface area contributed by atoms with Crippen molar-refractivity contribution in [3.8, 4) is 0 Å². The third-order valence-corrected chi connectivity index (χ3v) is 4.20. The van der Waals surface area contributed by atoms with Crippen LogP contribution in [-0.2, 0) is 16.0 Å². The summed E-state index contributed by atoms with van der Waals surface area (Å²) in [7, 11) is 0. The second-order valence-electron chi connectivity index (χ2n) is 6.78. The summed E-state index contributed by atoms with van der Waals surface area (Å²) < 4.78 is 0. The van der Waals surface area contributed by atoms with E-state index in [0.29, 0.717) is 11.3 Å². The predicted molar refractivity (Wildman–Crippen MR) is 104 cm³/mol. The molecule has 6 nitrogen and oxygen atoms in total. The van der Waals surface area contributed by atoms with Crippen molar-refractivity contribution in [2.24, 2.45) is 5.92 Å². The van der Waals surface area contributed by atoms with E-state index < -0.39 is 12.0 Å². The number of carboxylic acid groups (broad SMARTS) is 1. The molecule has 1 unspecified atom stereocenters. The molecule has 0 aliphatic carbocycles. The zero-order valence-corrected chi connectivity index (χ0v) is 15.7. The van der Waals surface area contributed by atoms with Crippen LogP contribution in [0.15, 0.2) is 48.5 Å². The third-order valence-electron chi connectivity index (χ3n) is 4.20. The number of anilines is 1. The largest absolute Gasteiger partial charge is 0.478 e. The Balaban J connectivity index is 2.05. The van der Waals surface area contributed by atoms with E-state index in [1.165, 1.54) is 12.1 Å². The smallest absolute Gasteiger partial charge is 0.335 e. The molecule has 0 saturated heterocycles. The quantitative estimate of drug-likeness (QED) is 0.700. The highest BCUT2D eigenvalue weighted by atomic mass is 16.4. The molecule has 2 aromatic carbocycles. The summed E-state index contributed by atoms with van der Waals surface area (Å²) in [6, 6.07) is 13.2. The molecule has 0 heterocycles. The summed E-state index contributed by atoms with van der Waals surface area (Å²) in [6.45, 7) is 5.37. The van der Waals surface area contributed by atoms with E-state index in [1.807, 2.05) is 44.2 Å². The van der Waals surface area contributed by atoms with Gasteiger partial charge >= 0.3 is 5.97 Å². The van der Waals surface area contributed by atoms with Gasteiger partial charge in [-0.2, -0.15) is 0 Å². The maximum atomic E-state index is 12.6. The summed E-state index contributed by atoms with van der Waals surface area (Å²) in [5.74, 6) is -1.69.